The van der Waals surface area contributed by atoms with E-state index in [0.717, 1.165) is 29.2 Å². The first-order valence-electron chi connectivity index (χ1n) is 9.73. The van der Waals surface area contributed by atoms with Crippen molar-refractivity contribution in [2.75, 3.05) is 10.6 Å². The highest BCUT2D eigenvalue weighted by atomic mass is 14.9. The van der Waals surface area contributed by atoms with E-state index in [0.29, 0.717) is 5.92 Å². The molecule has 0 aromatic heterocycles. The summed E-state index contributed by atoms with van der Waals surface area (Å²) in [6, 6.07) is 23.3. The molecule has 2 heteroatoms. The van der Waals surface area contributed by atoms with Crippen LogP contribution in [0.15, 0.2) is 114 Å². The van der Waals surface area contributed by atoms with E-state index in [4.69, 9.17) is 0 Å². The molecule has 5 rings (SSSR count). The van der Waals surface area contributed by atoms with E-state index in [2.05, 4.69) is 114 Å². The van der Waals surface area contributed by atoms with E-state index in [-0.39, 0.29) is 0 Å². The molecule has 2 aliphatic rings. The zero-order chi connectivity index (χ0) is 18.8. The molecule has 2 nitrogen and oxygen atoms in total. The Labute approximate surface area is 165 Å². The summed E-state index contributed by atoms with van der Waals surface area (Å²) in [4.78, 5) is 0. The van der Waals surface area contributed by atoms with Crippen molar-refractivity contribution in [1.82, 2.24) is 0 Å². The maximum Gasteiger partial charge on any atom is 0.0390 e. The second kappa shape index (κ2) is 7.24. The molecule has 0 fully saturated rings. The van der Waals surface area contributed by atoms with Gasteiger partial charge in [0.1, 0.15) is 0 Å². The Bertz CT molecular complexity index is 1130. The Hall–Kier alpha value is -3.52. The van der Waals surface area contributed by atoms with Gasteiger partial charge >= 0.3 is 0 Å². The molecule has 0 radical (unpaired) electrons. The van der Waals surface area contributed by atoms with Crippen molar-refractivity contribution >= 4 is 27.8 Å². The molecule has 3 aromatic carbocycles. The monoisotopic (exact) mass is 362 g/mol. The smallest absolute Gasteiger partial charge is 0.0390 e. The van der Waals surface area contributed by atoms with Crippen LogP contribution in [0.1, 0.15) is 6.42 Å². The lowest BCUT2D eigenvalue weighted by atomic mass is 9.87. The molecule has 0 bridgehead atoms. The van der Waals surface area contributed by atoms with Gasteiger partial charge < -0.3 is 10.6 Å². The summed E-state index contributed by atoms with van der Waals surface area (Å²) in [6.45, 7) is 0. The molecule has 0 aliphatic heterocycles. The lowest BCUT2D eigenvalue weighted by Crippen LogP contribution is -2.09. The average molecular weight is 362 g/mol. The maximum absolute atomic E-state index is 3.51. The first-order valence-corrected chi connectivity index (χ1v) is 9.73. The van der Waals surface area contributed by atoms with E-state index in [9.17, 15) is 0 Å². The van der Waals surface area contributed by atoms with Gasteiger partial charge in [-0.05, 0) is 71.3 Å². The first kappa shape index (κ1) is 16.6. The summed E-state index contributed by atoms with van der Waals surface area (Å²) >= 11 is 0. The SMILES string of the molecule is C1=CCC2C=CC(Nc3ccc(Nc4ccc5ccccc5c4)cc3)=CC2=C1. The molecule has 1 unspecified atom stereocenters. The minimum absolute atomic E-state index is 0.532. The van der Waals surface area contributed by atoms with Crippen LogP contribution in [0.25, 0.3) is 10.8 Å². The highest BCUT2D eigenvalue weighted by molar-refractivity contribution is 5.86. The van der Waals surface area contributed by atoms with Crippen LogP contribution < -0.4 is 10.6 Å². The summed E-state index contributed by atoms with van der Waals surface area (Å²) in [5.74, 6) is 0.532. The van der Waals surface area contributed by atoms with Gasteiger partial charge in [0.15, 0.2) is 0 Å². The molecular weight excluding hydrogens is 340 g/mol. The molecular formula is C26H22N2. The minimum Gasteiger partial charge on any atom is -0.356 e. The quantitative estimate of drug-likeness (QED) is 0.524. The summed E-state index contributed by atoms with van der Waals surface area (Å²) < 4.78 is 0. The maximum atomic E-state index is 3.51. The fourth-order valence-electron chi connectivity index (χ4n) is 3.77. The lowest BCUT2D eigenvalue weighted by molar-refractivity contribution is 0.776. The van der Waals surface area contributed by atoms with Gasteiger partial charge in [-0.15, -0.1) is 0 Å². The van der Waals surface area contributed by atoms with Gasteiger partial charge in [-0.25, -0.2) is 0 Å². The number of allylic oxidation sites excluding steroid dienone is 7. The summed E-state index contributed by atoms with van der Waals surface area (Å²) in [5.41, 5.74) is 5.77. The molecule has 0 heterocycles. The Morgan fingerprint density at radius 2 is 1.50 bits per heavy atom. The predicted molar refractivity (Wildman–Crippen MR) is 120 cm³/mol. The van der Waals surface area contributed by atoms with Crippen molar-refractivity contribution in [3.63, 3.8) is 0 Å². The van der Waals surface area contributed by atoms with Gasteiger partial charge in [-0.2, -0.15) is 0 Å². The average Bonchev–Trinajstić information content (AvgIpc) is 2.75. The Balaban J connectivity index is 1.29. The zero-order valence-electron chi connectivity index (χ0n) is 15.6. The Morgan fingerprint density at radius 3 is 2.36 bits per heavy atom. The van der Waals surface area contributed by atoms with Crippen molar-refractivity contribution in [3.8, 4) is 0 Å². The van der Waals surface area contributed by atoms with E-state index < -0.39 is 0 Å². The van der Waals surface area contributed by atoms with E-state index in [1.54, 1.807) is 0 Å². The fourth-order valence-corrected chi connectivity index (χ4v) is 3.77. The Morgan fingerprint density at radius 1 is 0.750 bits per heavy atom. The number of fused-ring (bicyclic) bond motifs is 2. The molecule has 0 saturated heterocycles. The largest absolute Gasteiger partial charge is 0.356 e. The third-order valence-corrected chi connectivity index (χ3v) is 5.28. The van der Waals surface area contributed by atoms with Gasteiger partial charge in [0.05, 0.1) is 0 Å². The van der Waals surface area contributed by atoms with Crippen LogP contribution in [0, 0.1) is 5.92 Å². The van der Waals surface area contributed by atoms with E-state index in [1.165, 1.54) is 16.3 Å². The van der Waals surface area contributed by atoms with Gasteiger partial charge in [0.2, 0.25) is 0 Å². The number of anilines is 3. The van der Waals surface area contributed by atoms with Gasteiger partial charge in [0.25, 0.3) is 0 Å². The summed E-state index contributed by atoms with van der Waals surface area (Å²) in [5, 5.41) is 9.50. The molecule has 28 heavy (non-hydrogen) atoms. The number of hydrogen-bond acceptors (Lipinski definition) is 2. The fraction of sp³-hybridized carbons (Fsp3) is 0.0769. The predicted octanol–water partition coefficient (Wildman–Crippen LogP) is 6.95. The number of hydrogen-bond donors (Lipinski definition) is 2. The standard InChI is InChI=1S/C26H22N2/c1-3-7-21-17-25(11-9-19(21)5-1)27-23-13-15-24(16-14-23)28-26-12-10-20-6-2-4-8-22(20)18-26/h1-5,7-18,20,27-28H,6H2. The van der Waals surface area contributed by atoms with Crippen LogP contribution in [-0.2, 0) is 0 Å². The van der Waals surface area contributed by atoms with Crippen LogP contribution in [0.4, 0.5) is 17.1 Å². The van der Waals surface area contributed by atoms with Crippen molar-refractivity contribution in [2.24, 2.45) is 5.92 Å². The van der Waals surface area contributed by atoms with E-state index in [1.807, 2.05) is 0 Å². The summed E-state index contributed by atoms with van der Waals surface area (Å²) in [7, 11) is 0. The molecule has 2 aliphatic carbocycles. The Kier molecular flexibility index (Phi) is 4.30. The van der Waals surface area contributed by atoms with Crippen molar-refractivity contribution in [1.29, 1.82) is 0 Å². The molecule has 2 N–H and O–H groups in total. The van der Waals surface area contributed by atoms with Gasteiger partial charge in [0, 0.05) is 28.7 Å². The molecule has 136 valence electrons. The molecule has 0 spiro atoms. The lowest BCUT2D eigenvalue weighted by Gasteiger charge is -2.21. The minimum atomic E-state index is 0.532. The number of nitrogens with one attached hydrogen (secondary N) is 2. The number of rotatable bonds is 4. The second-order valence-electron chi connectivity index (χ2n) is 7.29. The van der Waals surface area contributed by atoms with Crippen molar-refractivity contribution < 1.29 is 0 Å². The van der Waals surface area contributed by atoms with Crippen LogP contribution in [0.5, 0.6) is 0 Å². The topological polar surface area (TPSA) is 24.1 Å². The molecule has 1 atom stereocenters. The van der Waals surface area contributed by atoms with Crippen LogP contribution in [-0.4, -0.2) is 0 Å². The van der Waals surface area contributed by atoms with Crippen LogP contribution in [0.2, 0.25) is 0 Å². The molecule has 0 amide bonds. The van der Waals surface area contributed by atoms with Crippen molar-refractivity contribution in [2.45, 2.75) is 6.42 Å². The normalized spacial score (nSPS) is 17.6. The third kappa shape index (κ3) is 3.49. The first-order chi connectivity index (χ1) is 13.8. The van der Waals surface area contributed by atoms with Gasteiger partial charge in [-0.1, -0.05) is 54.6 Å². The second-order valence-corrected chi connectivity index (χ2v) is 7.29. The summed E-state index contributed by atoms with van der Waals surface area (Å²) in [6.07, 6.45) is 14.4. The molecule has 3 aromatic rings. The number of benzene rings is 3. The zero-order valence-corrected chi connectivity index (χ0v) is 15.6. The highest BCUT2D eigenvalue weighted by Crippen LogP contribution is 2.29. The molecule has 0 saturated carbocycles. The third-order valence-electron chi connectivity index (χ3n) is 5.28. The van der Waals surface area contributed by atoms with Gasteiger partial charge in [-0.3, -0.25) is 0 Å². The van der Waals surface area contributed by atoms with Crippen LogP contribution >= 0.6 is 0 Å². The van der Waals surface area contributed by atoms with Crippen LogP contribution in [0.3, 0.4) is 0 Å². The van der Waals surface area contributed by atoms with E-state index >= 15 is 0 Å². The van der Waals surface area contributed by atoms with Crippen molar-refractivity contribution in [3.05, 3.63) is 114 Å². The highest BCUT2D eigenvalue weighted by Gasteiger charge is 2.14.